The van der Waals surface area contributed by atoms with Crippen LogP contribution in [0, 0.1) is 0 Å². The predicted octanol–water partition coefficient (Wildman–Crippen LogP) is 4.90. The van der Waals surface area contributed by atoms with Crippen LogP contribution in [-0.4, -0.2) is 23.8 Å². The van der Waals surface area contributed by atoms with E-state index in [1.54, 1.807) is 6.21 Å². The maximum atomic E-state index is 12.0. The van der Waals surface area contributed by atoms with Crippen LogP contribution in [0.2, 0.25) is 0 Å². The molecule has 5 nitrogen and oxygen atoms in total. The van der Waals surface area contributed by atoms with Gasteiger partial charge in [0, 0.05) is 5.56 Å². The zero-order valence-electron chi connectivity index (χ0n) is 15.9. The minimum Gasteiger partial charge on any atom is -0.508 e. The molecule has 0 spiro atoms. The number of benzene rings is 2. The van der Waals surface area contributed by atoms with E-state index in [1.165, 1.54) is 56.4 Å². The number of rotatable bonds is 11. The van der Waals surface area contributed by atoms with E-state index in [0.29, 0.717) is 12.2 Å². The molecule has 1 amide bonds. The number of unbranched alkanes of at least 4 members (excludes halogenated alkanes) is 5. The van der Waals surface area contributed by atoms with Crippen LogP contribution in [0.5, 0.6) is 11.5 Å². The quantitative estimate of drug-likeness (QED) is 0.337. The van der Waals surface area contributed by atoms with E-state index in [1.807, 2.05) is 24.3 Å². The lowest BCUT2D eigenvalue weighted by molar-refractivity contribution is 0.0955. The van der Waals surface area contributed by atoms with Crippen molar-refractivity contribution in [3.8, 4) is 11.5 Å². The third-order valence-corrected chi connectivity index (χ3v) is 4.13. The minimum atomic E-state index is -0.332. The van der Waals surface area contributed by atoms with Crippen LogP contribution in [0.25, 0.3) is 0 Å². The number of nitrogens with zero attached hydrogens (tertiary/aromatic N) is 1. The second-order valence-electron chi connectivity index (χ2n) is 6.43. The standard InChI is InChI=1S/C22H28N2O3/c1-2-3-4-5-6-7-15-27-21-10-8-9-18(16-21)17-23-24-22(26)19-11-13-20(25)14-12-19/h8-14,16-17,25H,2-7,15H2,1H3,(H,24,26)/b23-17+. The van der Waals surface area contributed by atoms with Crippen molar-refractivity contribution in [2.75, 3.05) is 6.61 Å². The highest BCUT2D eigenvalue weighted by Gasteiger charge is 2.03. The van der Waals surface area contributed by atoms with Crippen LogP contribution in [0.15, 0.2) is 53.6 Å². The van der Waals surface area contributed by atoms with Crippen molar-refractivity contribution in [1.82, 2.24) is 5.43 Å². The molecule has 2 aromatic carbocycles. The molecule has 0 radical (unpaired) electrons. The summed E-state index contributed by atoms with van der Waals surface area (Å²) in [6, 6.07) is 13.6. The van der Waals surface area contributed by atoms with Gasteiger partial charge in [0.1, 0.15) is 11.5 Å². The Hall–Kier alpha value is -2.82. The van der Waals surface area contributed by atoms with Gasteiger partial charge in [-0.2, -0.15) is 5.10 Å². The molecule has 0 aromatic heterocycles. The molecule has 0 heterocycles. The second-order valence-corrected chi connectivity index (χ2v) is 6.43. The SMILES string of the molecule is CCCCCCCCOc1cccc(/C=N/NC(=O)c2ccc(O)cc2)c1. The summed E-state index contributed by atoms with van der Waals surface area (Å²) in [4.78, 5) is 12.0. The van der Waals surface area contributed by atoms with E-state index in [9.17, 15) is 9.90 Å². The number of amides is 1. The third kappa shape index (κ3) is 7.94. The van der Waals surface area contributed by atoms with Gasteiger partial charge in [-0.1, -0.05) is 51.2 Å². The molecular formula is C22H28N2O3. The zero-order chi connectivity index (χ0) is 19.3. The van der Waals surface area contributed by atoms with E-state index in [0.717, 1.165) is 17.7 Å². The number of ether oxygens (including phenoxy) is 1. The normalized spacial score (nSPS) is 10.9. The van der Waals surface area contributed by atoms with Crippen LogP contribution in [0.3, 0.4) is 0 Å². The number of hydrogen-bond donors (Lipinski definition) is 2. The third-order valence-electron chi connectivity index (χ3n) is 4.13. The van der Waals surface area contributed by atoms with Crippen molar-refractivity contribution in [2.24, 2.45) is 5.10 Å². The Kier molecular flexibility index (Phi) is 8.90. The predicted molar refractivity (Wildman–Crippen MR) is 108 cm³/mol. The lowest BCUT2D eigenvalue weighted by atomic mass is 10.1. The van der Waals surface area contributed by atoms with E-state index >= 15 is 0 Å². The van der Waals surface area contributed by atoms with Crippen LogP contribution >= 0.6 is 0 Å². The summed E-state index contributed by atoms with van der Waals surface area (Å²) in [5.74, 6) is 0.590. The van der Waals surface area contributed by atoms with Crippen LogP contribution < -0.4 is 10.2 Å². The Labute approximate surface area is 161 Å². The molecule has 0 aliphatic carbocycles. The highest BCUT2D eigenvalue weighted by molar-refractivity contribution is 5.95. The molecule has 2 aromatic rings. The Bertz CT molecular complexity index is 727. The van der Waals surface area contributed by atoms with Crippen LogP contribution in [0.1, 0.15) is 61.4 Å². The molecule has 2 rings (SSSR count). The molecule has 0 saturated heterocycles. The highest BCUT2D eigenvalue weighted by atomic mass is 16.5. The number of carbonyl (C=O) groups is 1. The summed E-state index contributed by atoms with van der Waals surface area (Å²) >= 11 is 0. The van der Waals surface area contributed by atoms with Gasteiger partial charge >= 0.3 is 0 Å². The molecule has 0 unspecified atom stereocenters. The summed E-state index contributed by atoms with van der Waals surface area (Å²) in [5, 5.41) is 13.2. The van der Waals surface area contributed by atoms with Gasteiger partial charge in [-0.15, -0.1) is 0 Å². The van der Waals surface area contributed by atoms with Crippen molar-refractivity contribution in [3.05, 3.63) is 59.7 Å². The molecule has 0 fully saturated rings. The van der Waals surface area contributed by atoms with Crippen molar-refractivity contribution in [2.45, 2.75) is 45.4 Å². The molecule has 2 N–H and O–H groups in total. The number of phenols is 1. The average molecular weight is 368 g/mol. The van der Waals surface area contributed by atoms with E-state index in [4.69, 9.17) is 4.74 Å². The number of carbonyl (C=O) groups excluding carboxylic acids is 1. The number of hydrazone groups is 1. The number of aromatic hydroxyl groups is 1. The molecule has 5 heteroatoms. The smallest absolute Gasteiger partial charge is 0.271 e. The largest absolute Gasteiger partial charge is 0.508 e. The Balaban J connectivity index is 1.75. The fourth-order valence-electron chi connectivity index (χ4n) is 2.60. The van der Waals surface area contributed by atoms with Gasteiger partial charge < -0.3 is 9.84 Å². The molecule has 27 heavy (non-hydrogen) atoms. The van der Waals surface area contributed by atoms with Gasteiger partial charge in [0.15, 0.2) is 0 Å². The van der Waals surface area contributed by atoms with Crippen molar-refractivity contribution in [3.63, 3.8) is 0 Å². The lowest BCUT2D eigenvalue weighted by Crippen LogP contribution is -2.17. The van der Waals surface area contributed by atoms with Crippen molar-refractivity contribution < 1.29 is 14.6 Å². The number of hydrogen-bond acceptors (Lipinski definition) is 4. The summed E-state index contributed by atoms with van der Waals surface area (Å²) in [6.45, 7) is 2.93. The Morgan fingerprint density at radius 3 is 2.59 bits per heavy atom. The second kappa shape index (κ2) is 11.7. The van der Waals surface area contributed by atoms with Crippen molar-refractivity contribution >= 4 is 12.1 Å². The average Bonchev–Trinajstić information content (AvgIpc) is 2.68. The monoisotopic (exact) mass is 368 g/mol. The van der Waals surface area contributed by atoms with E-state index in [-0.39, 0.29) is 11.7 Å². The Morgan fingerprint density at radius 1 is 1.07 bits per heavy atom. The number of nitrogens with one attached hydrogen (secondary N) is 1. The lowest BCUT2D eigenvalue weighted by Gasteiger charge is -2.06. The Morgan fingerprint density at radius 2 is 1.81 bits per heavy atom. The molecule has 0 aliphatic heterocycles. The van der Waals surface area contributed by atoms with Gasteiger partial charge in [-0.05, 0) is 48.4 Å². The topological polar surface area (TPSA) is 70.9 Å². The number of phenolic OH excluding ortho intramolecular Hbond substituents is 1. The molecular weight excluding hydrogens is 340 g/mol. The maximum absolute atomic E-state index is 12.0. The molecule has 0 saturated carbocycles. The molecule has 144 valence electrons. The fourth-order valence-corrected chi connectivity index (χ4v) is 2.60. The first kappa shape index (κ1) is 20.5. The summed E-state index contributed by atoms with van der Waals surface area (Å²) < 4.78 is 5.79. The highest BCUT2D eigenvalue weighted by Crippen LogP contribution is 2.13. The fraction of sp³-hybridized carbons (Fsp3) is 0.364. The van der Waals surface area contributed by atoms with Gasteiger partial charge in [0.05, 0.1) is 12.8 Å². The molecule has 0 bridgehead atoms. The van der Waals surface area contributed by atoms with Crippen LogP contribution in [-0.2, 0) is 0 Å². The first-order valence-corrected chi connectivity index (χ1v) is 9.54. The first-order chi connectivity index (χ1) is 13.2. The first-order valence-electron chi connectivity index (χ1n) is 9.54. The molecule has 0 aliphatic rings. The van der Waals surface area contributed by atoms with Gasteiger partial charge in [0.25, 0.3) is 5.91 Å². The summed E-state index contributed by atoms with van der Waals surface area (Å²) in [6.07, 6.45) is 8.99. The van der Waals surface area contributed by atoms with Gasteiger partial charge in [-0.3, -0.25) is 4.79 Å². The van der Waals surface area contributed by atoms with E-state index in [2.05, 4.69) is 17.5 Å². The summed E-state index contributed by atoms with van der Waals surface area (Å²) in [5.41, 5.74) is 3.75. The van der Waals surface area contributed by atoms with Gasteiger partial charge in [-0.25, -0.2) is 5.43 Å². The minimum absolute atomic E-state index is 0.118. The van der Waals surface area contributed by atoms with Crippen molar-refractivity contribution in [1.29, 1.82) is 0 Å². The van der Waals surface area contributed by atoms with Gasteiger partial charge in [0.2, 0.25) is 0 Å². The molecule has 0 atom stereocenters. The van der Waals surface area contributed by atoms with Crippen LogP contribution in [0.4, 0.5) is 0 Å². The van der Waals surface area contributed by atoms with E-state index < -0.39 is 0 Å². The summed E-state index contributed by atoms with van der Waals surface area (Å²) in [7, 11) is 0. The zero-order valence-corrected chi connectivity index (χ0v) is 15.9. The maximum Gasteiger partial charge on any atom is 0.271 e.